The summed E-state index contributed by atoms with van der Waals surface area (Å²) in [7, 11) is 2.37. The molecule has 2 aromatic heterocycles. The Kier molecular flexibility index (Phi) is 6.89. The number of methoxy groups -OCH3 is 2. The number of halogens is 2. The van der Waals surface area contributed by atoms with Gasteiger partial charge in [0.1, 0.15) is 28.1 Å². The monoisotopic (exact) mass is 465 g/mol. The second-order valence-electron chi connectivity index (χ2n) is 6.33. The Morgan fingerprint density at radius 3 is 2.44 bits per heavy atom. The molecule has 8 nitrogen and oxygen atoms in total. The highest BCUT2D eigenvalue weighted by Gasteiger charge is 2.27. The van der Waals surface area contributed by atoms with Gasteiger partial charge in [0.2, 0.25) is 0 Å². The van der Waals surface area contributed by atoms with E-state index < -0.39 is 29.5 Å². The highest BCUT2D eigenvalue weighted by Crippen LogP contribution is 2.34. The zero-order valence-electron chi connectivity index (χ0n) is 17.1. The first-order valence-electron chi connectivity index (χ1n) is 9.03. The van der Waals surface area contributed by atoms with Crippen molar-refractivity contribution in [1.29, 1.82) is 0 Å². The molecule has 0 aliphatic rings. The molecule has 0 fully saturated rings. The van der Waals surface area contributed by atoms with Crippen molar-refractivity contribution in [2.24, 2.45) is 0 Å². The van der Waals surface area contributed by atoms with E-state index in [0.29, 0.717) is 11.6 Å². The van der Waals surface area contributed by atoms with Gasteiger partial charge in [-0.3, -0.25) is 4.79 Å². The number of furan rings is 1. The number of hydrogen-bond acceptors (Lipinski definition) is 8. The standard InChI is InChI=1S/C21H17F2NO7S/c1-10-16(20(26)28-2)19(32-17(10)21(27)29-3)24-18(25)15-7-5-12(31-15)9-30-14-6-4-11(22)8-13(14)23/h4-8H,9H2,1-3H3,(H,24,25). The van der Waals surface area contributed by atoms with Crippen LogP contribution < -0.4 is 10.1 Å². The van der Waals surface area contributed by atoms with Crippen LogP contribution in [-0.2, 0) is 16.1 Å². The number of anilines is 1. The first kappa shape index (κ1) is 22.9. The van der Waals surface area contributed by atoms with Crippen LogP contribution in [0.5, 0.6) is 5.75 Å². The van der Waals surface area contributed by atoms with E-state index in [1.54, 1.807) is 0 Å². The molecule has 0 aliphatic carbocycles. The smallest absolute Gasteiger partial charge is 0.348 e. The van der Waals surface area contributed by atoms with Gasteiger partial charge in [-0.1, -0.05) is 0 Å². The van der Waals surface area contributed by atoms with Crippen LogP contribution in [-0.4, -0.2) is 32.1 Å². The van der Waals surface area contributed by atoms with Gasteiger partial charge in [0.25, 0.3) is 5.91 Å². The third-order valence-corrected chi connectivity index (χ3v) is 5.47. The molecule has 0 unspecified atom stereocenters. The summed E-state index contributed by atoms with van der Waals surface area (Å²) in [5, 5.41) is 2.60. The lowest BCUT2D eigenvalue weighted by molar-refractivity contribution is 0.0601. The van der Waals surface area contributed by atoms with E-state index in [9.17, 15) is 23.2 Å². The average molecular weight is 465 g/mol. The van der Waals surface area contributed by atoms with Crippen molar-refractivity contribution in [3.05, 3.63) is 69.5 Å². The molecular weight excluding hydrogens is 448 g/mol. The second-order valence-corrected chi connectivity index (χ2v) is 7.35. The number of ether oxygens (including phenoxy) is 3. The number of hydrogen-bond donors (Lipinski definition) is 1. The first-order chi connectivity index (χ1) is 15.2. The van der Waals surface area contributed by atoms with Crippen LogP contribution in [0.15, 0.2) is 34.7 Å². The van der Waals surface area contributed by atoms with Crippen molar-refractivity contribution in [2.45, 2.75) is 13.5 Å². The molecule has 1 N–H and O–H groups in total. The normalized spacial score (nSPS) is 10.5. The summed E-state index contributed by atoms with van der Waals surface area (Å²) < 4.78 is 46.7. The zero-order valence-corrected chi connectivity index (χ0v) is 17.9. The molecule has 0 radical (unpaired) electrons. The maximum atomic E-state index is 13.6. The maximum absolute atomic E-state index is 13.6. The quantitative estimate of drug-likeness (QED) is 0.518. The lowest BCUT2D eigenvalue weighted by atomic mass is 10.1. The van der Waals surface area contributed by atoms with E-state index in [1.807, 2.05) is 0 Å². The van der Waals surface area contributed by atoms with E-state index >= 15 is 0 Å². The number of carbonyl (C=O) groups is 3. The zero-order chi connectivity index (χ0) is 23.4. The number of nitrogens with one attached hydrogen (secondary N) is 1. The molecule has 3 aromatic rings. The summed E-state index contributed by atoms with van der Waals surface area (Å²) in [6.45, 7) is 1.31. The number of amides is 1. The van der Waals surface area contributed by atoms with Crippen LogP contribution in [0.25, 0.3) is 0 Å². The van der Waals surface area contributed by atoms with Crippen molar-refractivity contribution >= 4 is 34.2 Å². The fourth-order valence-corrected chi connectivity index (χ4v) is 3.83. The lowest BCUT2D eigenvalue weighted by Gasteiger charge is -2.06. The molecule has 3 rings (SSSR count). The predicted octanol–water partition coefficient (Wildman–Crippen LogP) is 4.33. The largest absolute Gasteiger partial charge is 0.483 e. The molecule has 1 amide bonds. The van der Waals surface area contributed by atoms with Gasteiger partial charge < -0.3 is 23.9 Å². The van der Waals surface area contributed by atoms with Crippen LogP contribution in [0, 0.1) is 18.6 Å². The van der Waals surface area contributed by atoms with Gasteiger partial charge in [-0.25, -0.2) is 18.4 Å². The topological polar surface area (TPSA) is 104 Å². The summed E-state index contributed by atoms with van der Waals surface area (Å²) >= 11 is 0.857. The van der Waals surface area contributed by atoms with Crippen molar-refractivity contribution in [1.82, 2.24) is 0 Å². The molecule has 32 heavy (non-hydrogen) atoms. The molecule has 0 atom stereocenters. The summed E-state index contributed by atoms with van der Waals surface area (Å²) in [5.74, 6) is -3.82. The summed E-state index contributed by atoms with van der Waals surface area (Å²) in [6, 6.07) is 5.66. The van der Waals surface area contributed by atoms with Gasteiger partial charge in [-0.2, -0.15) is 0 Å². The molecule has 168 valence electrons. The summed E-state index contributed by atoms with van der Waals surface area (Å²) in [5.41, 5.74) is 0.326. The Balaban J connectivity index is 1.76. The van der Waals surface area contributed by atoms with E-state index in [0.717, 1.165) is 23.5 Å². The van der Waals surface area contributed by atoms with E-state index in [-0.39, 0.29) is 39.3 Å². The minimum absolute atomic E-state index is 0.0214. The summed E-state index contributed by atoms with van der Waals surface area (Å²) in [4.78, 5) is 36.8. The molecule has 0 aliphatic heterocycles. The second kappa shape index (κ2) is 9.60. The van der Waals surface area contributed by atoms with Gasteiger partial charge >= 0.3 is 11.9 Å². The Labute approximate surface area is 184 Å². The maximum Gasteiger partial charge on any atom is 0.348 e. The van der Waals surface area contributed by atoms with Crippen LogP contribution in [0.1, 0.15) is 41.9 Å². The number of benzene rings is 1. The number of rotatable bonds is 7. The van der Waals surface area contributed by atoms with E-state index in [4.69, 9.17) is 18.6 Å². The van der Waals surface area contributed by atoms with Crippen molar-refractivity contribution < 1.29 is 41.8 Å². The highest BCUT2D eigenvalue weighted by atomic mass is 32.1. The van der Waals surface area contributed by atoms with E-state index in [2.05, 4.69) is 5.32 Å². The molecule has 0 saturated carbocycles. The van der Waals surface area contributed by atoms with Crippen molar-refractivity contribution in [3.63, 3.8) is 0 Å². The Morgan fingerprint density at radius 1 is 1.06 bits per heavy atom. The third-order valence-electron chi connectivity index (χ3n) is 4.28. The molecule has 1 aromatic carbocycles. The molecule has 2 heterocycles. The van der Waals surface area contributed by atoms with Crippen LogP contribution in [0.2, 0.25) is 0 Å². The fourth-order valence-electron chi connectivity index (χ4n) is 2.72. The van der Waals surface area contributed by atoms with Gasteiger partial charge in [-0.05, 0) is 36.8 Å². The van der Waals surface area contributed by atoms with Crippen LogP contribution in [0.3, 0.4) is 0 Å². The third kappa shape index (κ3) is 4.78. The number of esters is 2. The Morgan fingerprint density at radius 2 is 1.78 bits per heavy atom. The van der Waals surface area contributed by atoms with Gasteiger partial charge in [-0.15, -0.1) is 11.3 Å². The lowest BCUT2D eigenvalue weighted by Crippen LogP contribution is -2.13. The van der Waals surface area contributed by atoms with Crippen molar-refractivity contribution in [3.8, 4) is 5.75 Å². The van der Waals surface area contributed by atoms with Crippen molar-refractivity contribution in [2.75, 3.05) is 19.5 Å². The molecule has 0 bridgehead atoms. The summed E-state index contributed by atoms with van der Waals surface area (Å²) in [6.07, 6.45) is 0. The predicted molar refractivity (Wildman–Crippen MR) is 109 cm³/mol. The average Bonchev–Trinajstić information content (AvgIpc) is 3.37. The van der Waals surface area contributed by atoms with Gasteiger partial charge in [0, 0.05) is 6.07 Å². The SMILES string of the molecule is COC(=O)c1sc(NC(=O)c2ccc(COc3ccc(F)cc3F)o2)c(C(=O)OC)c1C. The van der Waals surface area contributed by atoms with Crippen LogP contribution >= 0.6 is 11.3 Å². The molecule has 11 heteroatoms. The number of thiophene rings is 1. The number of carbonyl (C=O) groups excluding carboxylic acids is 3. The minimum Gasteiger partial charge on any atom is -0.483 e. The van der Waals surface area contributed by atoms with E-state index in [1.165, 1.54) is 33.3 Å². The Bertz CT molecular complexity index is 1190. The fraction of sp³-hybridized carbons (Fsp3) is 0.190. The highest BCUT2D eigenvalue weighted by molar-refractivity contribution is 7.18. The Hall–Kier alpha value is -3.73. The van der Waals surface area contributed by atoms with Gasteiger partial charge in [0.05, 0.1) is 19.8 Å². The molecule has 0 saturated heterocycles. The van der Waals surface area contributed by atoms with Crippen LogP contribution in [0.4, 0.5) is 13.8 Å². The van der Waals surface area contributed by atoms with Gasteiger partial charge in [0.15, 0.2) is 17.3 Å². The first-order valence-corrected chi connectivity index (χ1v) is 9.84. The minimum atomic E-state index is -0.876. The molecule has 0 spiro atoms. The molecular formula is C21H17F2NO7S.